The van der Waals surface area contributed by atoms with E-state index in [9.17, 15) is 18.1 Å². The fourth-order valence-corrected chi connectivity index (χ4v) is 11.4. The van der Waals surface area contributed by atoms with Crippen LogP contribution < -0.4 is 10.6 Å². The van der Waals surface area contributed by atoms with Crippen LogP contribution >= 0.6 is 0 Å². The Morgan fingerprint density at radius 1 is 0.956 bits per heavy atom. The molecule has 0 aromatic carbocycles. The lowest BCUT2D eigenvalue weighted by molar-refractivity contribution is -0.167. The van der Waals surface area contributed by atoms with Gasteiger partial charge in [-0.1, -0.05) is 39.7 Å². The molecule has 260 valence electrons. The molecule has 4 N–H and O–H groups in total. The standard InChI is InChI=1S/C34H63N5O5S/c1-23(2)31(44-45(41,42)43)12-9-24(3)27-10-11-28-32-29(14-16-34(27,28)5)33(4)15-13-26(21-25(33)22-30(32)40)37-19-8-18-36-17-6-7-20-38-39-35/h23-32,36-37,40H,6-22H2,1-5H3,(H,41,42,43)/t24?,25-,26+,27-,28?,29?,30?,31-,32?,33+,34-/m1/s1. The van der Waals surface area contributed by atoms with Gasteiger partial charge in [-0.3, -0.25) is 4.55 Å². The predicted octanol–water partition coefficient (Wildman–Crippen LogP) is 6.90. The van der Waals surface area contributed by atoms with Gasteiger partial charge in [-0.15, -0.1) is 0 Å². The number of aliphatic hydroxyl groups excluding tert-OH is 1. The molecule has 4 aliphatic rings. The Balaban J connectivity index is 1.28. The predicted molar refractivity (Wildman–Crippen MR) is 179 cm³/mol. The van der Waals surface area contributed by atoms with Gasteiger partial charge >= 0.3 is 10.4 Å². The summed E-state index contributed by atoms with van der Waals surface area (Å²) in [7, 11) is -4.46. The first-order valence-electron chi connectivity index (χ1n) is 18.1. The smallest absolute Gasteiger partial charge is 0.393 e. The van der Waals surface area contributed by atoms with E-state index in [1.807, 2.05) is 13.8 Å². The van der Waals surface area contributed by atoms with Crippen LogP contribution in [-0.4, -0.2) is 62.5 Å². The first-order chi connectivity index (χ1) is 21.3. The third-order valence-electron chi connectivity index (χ3n) is 13.2. The second-order valence-corrected chi connectivity index (χ2v) is 17.1. The van der Waals surface area contributed by atoms with E-state index in [1.165, 1.54) is 44.9 Å². The lowest BCUT2D eigenvalue weighted by atomic mass is 9.43. The van der Waals surface area contributed by atoms with Crippen LogP contribution in [0.25, 0.3) is 10.4 Å². The quantitative estimate of drug-likeness (QED) is 0.0437. The van der Waals surface area contributed by atoms with Crippen molar-refractivity contribution in [3.05, 3.63) is 10.4 Å². The summed E-state index contributed by atoms with van der Waals surface area (Å²) >= 11 is 0. The van der Waals surface area contributed by atoms with Crippen molar-refractivity contribution in [1.82, 2.24) is 10.6 Å². The minimum atomic E-state index is -4.46. The molecule has 4 saturated carbocycles. The van der Waals surface area contributed by atoms with Crippen molar-refractivity contribution in [2.24, 2.45) is 57.4 Å². The third-order valence-corrected chi connectivity index (χ3v) is 13.7. The fourth-order valence-electron chi connectivity index (χ4n) is 10.8. The molecule has 0 saturated heterocycles. The summed E-state index contributed by atoms with van der Waals surface area (Å²) in [6.07, 6.45) is 13.2. The SMILES string of the molecule is CC(CC[C@@H](OS(=O)(=O)O)C(C)C)[C@H]1CCC2C3C(O)C[C@H]4C[C@@H](NCCCNCCCCN=[N+]=[N-])CC[C@]4(C)C3CC[C@@]21C. The summed E-state index contributed by atoms with van der Waals surface area (Å²) < 4.78 is 37.1. The van der Waals surface area contributed by atoms with Crippen molar-refractivity contribution in [2.45, 2.75) is 136 Å². The number of aliphatic hydroxyl groups is 1. The highest BCUT2D eigenvalue weighted by molar-refractivity contribution is 7.80. The van der Waals surface area contributed by atoms with E-state index in [4.69, 9.17) is 9.71 Å². The molecule has 0 bridgehead atoms. The molecule has 0 aromatic rings. The molecule has 0 aromatic heterocycles. The molecule has 4 aliphatic carbocycles. The number of rotatable bonds is 17. The normalized spacial score (nSPS) is 37.7. The topological polar surface area (TPSA) is 157 Å². The maximum atomic E-state index is 11.8. The third kappa shape index (κ3) is 8.95. The van der Waals surface area contributed by atoms with E-state index in [-0.39, 0.29) is 17.4 Å². The van der Waals surface area contributed by atoms with E-state index >= 15 is 0 Å². The molecule has 0 spiro atoms. The lowest BCUT2D eigenvalue weighted by Gasteiger charge is -2.62. The summed E-state index contributed by atoms with van der Waals surface area (Å²) in [6.45, 7) is 14.8. The Hall–Kier alpha value is -0.940. The summed E-state index contributed by atoms with van der Waals surface area (Å²) in [6, 6.07) is 0.542. The number of nitrogens with one attached hydrogen (secondary N) is 2. The Morgan fingerprint density at radius 3 is 2.38 bits per heavy atom. The van der Waals surface area contributed by atoms with Crippen LogP contribution in [0.2, 0.25) is 0 Å². The molecule has 11 heteroatoms. The molecule has 0 radical (unpaired) electrons. The Bertz CT molecular complexity index is 1100. The van der Waals surface area contributed by atoms with Crippen LogP contribution in [0.4, 0.5) is 0 Å². The van der Waals surface area contributed by atoms with Crippen LogP contribution in [0.5, 0.6) is 0 Å². The van der Waals surface area contributed by atoms with E-state index in [0.29, 0.717) is 59.9 Å². The zero-order chi connectivity index (χ0) is 32.8. The van der Waals surface area contributed by atoms with Gasteiger partial charge in [0.1, 0.15) is 0 Å². The van der Waals surface area contributed by atoms with Gasteiger partial charge in [0.25, 0.3) is 0 Å². The summed E-state index contributed by atoms with van der Waals surface area (Å²) in [5.41, 5.74) is 8.86. The number of hydrogen-bond donors (Lipinski definition) is 4. The van der Waals surface area contributed by atoms with Crippen LogP contribution in [0.1, 0.15) is 118 Å². The average molecular weight is 654 g/mol. The van der Waals surface area contributed by atoms with Crippen molar-refractivity contribution >= 4 is 10.4 Å². The van der Waals surface area contributed by atoms with Crippen LogP contribution in [-0.2, 0) is 14.6 Å². The fraction of sp³-hybridized carbons (Fsp3) is 1.00. The summed E-state index contributed by atoms with van der Waals surface area (Å²) in [5.74, 6) is 3.11. The van der Waals surface area contributed by atoms with Gasteiger partial charge in [0.05, 0.1) is 12.2 Å². The average Bonchev–Trinajstić information content (AvgIpc) is 3.33. The minimum Gasteiger partial charge on any atom is -0.393 e. The number of unbranched alkanes of at least 4 members (excludes halogenated alkanes) is 1. The number of fused-ring (bicyclic) bond motifs is 5. The zero-order valence-corrected chi connectivity index (χ0v) is 29.5. The van der Waals surface area contributed by atoms with Crippen molar-refractivity contribution in [1.29, 1.82) is 0 Å². The molecule has 4 fully saturated rings. The molecular weight excluding hydrogens is 590 g/mol. The minimum absolute atomic E-state index is 0.00737. The second-order valence-electron chi connectivity index (χ2n) is 16.1. The summed E-state index contributed by atoms with van der Waals surface area (Å²) in [4.78, 5) is 2.80. The lowest BCUT2D eigenvalue weighted by Crippen LogP contribution is -2.59. The zero-order valence-electron chi connectivity index (χ0n) is 28.7. The van der Waals surface area contributed by atoms with Crippen LogP contribution in [0.15, 0.2) is 5.11 Å². The van der Waals surface area contributed by atoms with Gasteiger partial charge in [-0.25, -0.2) is 4.18 Å². The van der Waals surface area contributed by atoms with Gasteiger partial charge < -0.3 is 15.7 Å². The van der Waals surface area contributed by atoms with Crippen molar-refractivity contribution in [2.75, 3.05) is 26.2 Å². The molecular formula is C34H63N5O5S. The first kappa shape index (κ1) is 36.9. The van der Waals surface area contributed by atoms with Crippen LogP contribution in [0, 0.1) is 52.3 Å². The van der Waals surface area contributed by atoms with Gasteiger partial charge in [-0.2, -0.15) is 8.42 Å². The maximum absolute atomic E-state index is 11.8. The molecule has 0 aliphatic heterocycles. The summed E-state index contributed by atoms with van der Waals surface area (Å²) in [5, 5.41) is 22.7. The first-order valence-corrected chi connectivity index (χ1v) is 19.5. The van der Waals surface area contributed by atoms with E-state index < -0.39 is 16.5 Å². The van der Waals surface area contributed by atoms with Gasteiger partial charge in [0.15, 0.2) is 0 Å². The Morgan fingerprint density at radius 2 is 1.67 bits per heavy atom. The largest absolute Gasteiger partial charge is 0.397 e. The molecule has 4 rings (SSSR count). The highest BCUT2D eigenvalue weighted by Gasteiger charge is 2.62. The number of hydrogen-bond acceptors (Lipinski definition) is 7. The van der Waals surface area contributed by atoms with Gasteiger partial charge in [0, 0.05) is 17.5 Å². The maximum Gasteiger partial charge on any atom is 0.397 e. The van der Waals surface area contributed by atoms with Crippen molar-refractivity contribution in [3.8, 4) is 0 Å². The van der Waals surface area contributed by atoms with Crippen molar-refractivity contribution < 1.29 is 22.3 Å². The second kappa shape index (κ2) is 16.0. The molecule has 11 atom stereocenters. The van der Waals surface area contributed by atoms with E-state index in [2.05, 4.69) is 41.4 Å². The number of azide groups is 1. The molecule has 0 heterocycles. The molecule has 5 unspecified atom stereocenters. The number of nitrogens with zero attached hydrogens (tertiary/aromatic N) is 3. The monoisotopic (exact) mass is 653 g/mol. The van der Waals surface area contributed by atoms with Crippen molar-refractivity contribution in [3.63, 3.8) is 0 Å². The van der Waals surface area contributed by atoms with E-state index in [1.54, 1.807) is 0 Å². The Labute approximate surface area is 273 Å². The van der Waals surface area contributed by atoms with E-state index in [0.717, 1.165) is 51.7 Å². The van der Waals surface area contributed by atoms with Crippen LogP contribution in [0.3, 0.4) is 0 Å². The highest BCUT2D eigenvalue weighted by Crippen LogP contribution is 2.68. The van der Waals surface area contributed by atoms with Gasteiger partial charge in [0.2, 0.25) is 0 Å². The Kier molecular flexibility index (Phi) is 13.1. The molecule has 10 nitrogen and oxygen atoms in total. The highest BCUT2D eigenvalue weighted by atomic mass is 32.3. The molecule has 45 heavy (non-hydrogen) atoms. The van der Waals surface area contributed by atoms with Gasteiger partial charge in [-0.05, 0) is 161 Å². The molecule has 0 amide bonds.